The summed E-state index contributed by atoms with van der Waals surface area (Å²) in [6.45, 7) is 2.57. The molecular formula is C13H18ClNO. The van der Waals surface area contributed by atoms with E-state index in [1.165, 1.54) is 5.56 Å². The fraction of sp³-hybridized carbons (Fsp3) is 0.462. The Morgan fingerprint density at radius 1 is 1.38 bits per heavy atom. The number of nitrogens with one attached hydrogen (secondary N) is 1. The van der Waals surface area contributed by atoms with Gasteiger partial charge in [0.05, 0.1) is 5.38 Å². The first-order valence-electron chi connectivity index (χ1n) is 5.67. The zero-order chi connectivity index (χ0) is 11.8. The monoisotopic (exact) mass is 239 g/mol. The highest BCUT2D eigenvalue weighted by Crippen LogP contribution is 2.03. The fourth-order valence-corrected chi connectivity index (χ4v) is 1.44. The van der Waals surface area contributed by atoms with E-state index >= 15 is 0 Å². The predicted octanol–water partition coefficient (Wildman–Crippen LogP) is 2.75. The minimum absolute atomic E-state index is 0.0423. The highest BCUT2D eigenvalue weighted by Gasteiger charge is 2.05. The van der Waals surface area contributed by atoms with Crippen molar-refractivity contribution in [3.05, 3.63) is 35.9 Å². The molecule has 0 fully saturated rings. The number of aryl methyl sites for hydroxylation is 1. The van der Waals surface area contributed by atoms with E-state index in [1.807, 2.05) is 37.3 Å². The molecule has 1 aromatic rings. The van der Waals surface area contributed by atoms with Crippen LogP contribution in [-0.2, 0) is 11.2 Å². The predicted molar refractivity (Wildman–Crippen MR) is 67.7 cm³/mol. The van der Waals surface area contributed by atoms with Crippen LogP contribution in [0.15, 0.2) is 30.3 Å². The van der Waals surface area contributed by atoms with Crippen molar-refractivity contribution in [2.45, 2.75) is 31.6 Å². The lowest BCUT2D eigenvalue weighted by molar-refractivity contribution is -0.121. The Morgan fingerprint density at radius 2 is 2.06 bits per heavy atom. The van der Waals surface area contributed by atoms with Crippen LogP contribution >= 0.6 is 11.6 Å². The summed E-state index contributed by atoms with van der Waals surface area (Å²) >= 11 is 5.91. The summed E-state index contributed by atoms with van der Waals surface area (Å²) in [4.78, 5) is 11.5. The molecule has 0 heterocycles. The minimum Gasteiger partial charge on any atom is -0.355 e. The standard InChI is InChI=1S/C13H18ClNO/c1-2-12(14)10-15-13(16)9-8-11-6-4-3-5-7-11/h3-7,12H,2,8-10H2,1H3,(H,15,16). The molecule has 0 aliphatic heterocycles. The van der Waals surface area contributed by atoms with Gasteiger partial charge in [0, 0.05) is 13.0 Å². The van der Waals surface area contributed by atoms with Crippen LogP contribution in [0.1, 0.15) is 25.3 Å². The van der Waals surface area contributed by atoms with Gasteiger partial charge in [-0.25, -0.2) is 0 Å². The normalized spacial score (nSPS) is 12.1. The molecule has 0 aliphatic carbocycles. The van der Waals surface area contributed by atoms with E-state index in [-0.39, 0.29) is 11.3 Å². The molecule has 16 heavy (non-hydrogen) atoms. The van der Waals surface area contributed by atoms with Crippen LogP contribution in [-0.4, -0.2) is 17.8 Å². The summed E-state index contributed by atoms with van der Waals surface area (Å²) in [7, 11) is 0. The lowest BCUT2D eigenvalue weighted by atomic mass is 10.1. The van der Waals surface area contributed by atoms with Crippen molar-refractivity contribution in [1.29, 1.82) is 0 Å². The summed E-state index contributed by atoms with van der Waals surface area (Å²) in [6, 6.07) is 10.0. The number of halogens is 1. The second-order valence-electron chi connectivity index (χ2n) is 3.80. The summed E-state index contributed by atoms with van der Waals surface area (Å²) < 4.78 is 0. The highest BCUT2D eigenvalue weighted by atomic mass is 35.5. The van der Waals surface area contributed by atoms with E-state index in [0.29, 0.717) is 13.0 Å². The maximum atomic E-state index is 11.5. The van der Waals surface area contributed by atoms with Crippen molar-refractivity contribution in [1.82, 2.24) is 5.32 Å². The molecule has 1 N–H and O–H groups in total. The molecule has 0 aliphatic rings. The van der Waals surface area contributed by atoms with Crippen molar-refractivity contribution < 1.29 is 4.79 Å². The zero-order valence-electron chi connectivity index (χ0n) is 9.58. The number of carbonyl (C=O) groups is 1. The van der Waals surface area contributed by atoms with Gasteiger partial charge in [-0.15, -0.1) is 11.6 Å². The first-order valence-corrected chi connectivity index (χ1v) is 6.10. The smallest absolute Gasteiger partial charge is 0.220 e. The Kier molecular flexibility index (Phi) is 5.94. The van der Waals surface area contributed by atoms with Crippen LogP contribution in [0.25, 0.3) is 0 Å². The molecular weight excluding hydrogens is 222 g/mol. The third-order valence-electron chi connectivity index (χ3n) is 2.45. The van der Waals surface area contributed by atoms with Crippen LogP contribution in [0, 0.1) is 0 Å². The minimum atomic E-state index is 0.0423. The molecule has 1 rings (SSSR count). The van der Waals surface area contributed by atoms with Crippen molar-refractivity contribution >= 4 is 17.5 Å². The number of carbonyl (C=O) groups excluding carboxylic acids is 1. The number of hydrogen-bond acceptors (Lipinski definition) is 1. The molecule has 1 atom stereocenters. The molecule has 1 amide bonds. The van der Waals surface area contributed by atoms with Crippen LogP contribution in [0.2, 0.25) is 0 Å². The van der Waals surface area contributed by atoms with Gasteiger partial charge in [-0.05, 0) is 18.4 Å². The number of amides is 1. The molecule has 0 bridgehead atoms. The Morgan fingerprint density at radius 3 is 2.69 bits per heavy atom. The average molecular weight is 240 g/mol. The summed E-state index contributed by atoms with van der Waals surface area (Å²) in [5.41, 5.74) is 1.19. The Balaban J connectivity index is 2.20. The van der Waals surface area contributed by atoms with Crippen molar-refractivity contribution in [2.75, 3.05) is 6.54 Å². The van der Waals surface area contributed by atoms with Gasteiger partial charge in [-0.2, -0.15) is 0 Å². The van der Waals surface area contributed by atoms with Gasteiger partial charge in [-0.3, -0.25) is 4.79 Å². The van der Waals surface area contributed by atoms with Crippen LogP contribution in [0.4, 0.5) is 0 Å². The topological polar surface area (TPSA) is 29.1 Å². The average Bonchev–Trinajstić information content (AvgIpc) is 2.34. The maximum absolute atomic E-state index is 11.5. The zero-order valence-corrected chi connectivity index (χ0v) is 10.3. The summed E-state index contributed by atoms with van der Waals surface area (Å²) in [6.07, 6.45) is 2.18. The number of benzene rings is 1. The van der Waals surface area contributed by atoms with E-state index in [9.17, 15) is 4.79 Å². The SMILES string of the molecule is CCC(Cl)CNC(=O)CCc1ccccc1. The van der Waals surface area contributed by atoms with Gasteiger partial charge in [0.2, 0.25) is 5.91 Å². The van der Waals surface area contributed by atoms with Crippen LogP contribution in [0.3, 0.4) is 0 Å². The largest absolute Gasteiger partial charge is 0.355 e. The first-order chi connectivity index (χ1) is 7.72. The molecule has 0 spiro atoms. The number of hydrogen-bond donors (Lipinski definition) is 1. The molecule has 2 nitrogen and oxygen atoms in total. The first kappa shape index (κ1) is 13.0. The van der Waals surface area contributed by atoms with Crippen LogP contribution < -0.4 is 5.32 Å². The van der Waals surface area contributed by atoms with Gasteiger partial charge in [0.1, 0.15) is 0 Å². The van der Waals surface area contributed by atoms with E-state index in [0.717, 1.165) is 12.8 Å². The molecule has 0 aromatic heterocycles. The Bertz CT molecular complexity index is 313. The molecule has 0 saturated carbocycles. The third kappa shape index (κ3) is 5.17. The third-order valence-corrected chi connectivity index (χ3v) is 2.91. The molecule has 3 heteroatoms. The molecule has 1 aromatic carbocycles. The maximum Gasteiger partial charge on any atom is 0.220 e. The van der Waals surface area contributed by atoms with Gasteiger partial charge in [-0.1, -0.05) is 37.3 Å². The van der Waals surface area contributed by atoms with E-state index < -0.39 is 0 Å². The van der Waals surface area contributed by atoms with Crippen molar-refractivity contribution in [3.63, 3.8) is 0 Å². The van der Waals surface area contributed by atoms with Gasteiger partial charge in [0.25, 0.3) is 0 Å². The van der Waals surface area contributed by atoms with Gasteiger partial charge < -0.3 is 5.32 Å². The second kappa shape index (κ2) is 7.29. The molecule has 1 unspecified atom stereocenters. The second-order valence-corrected chi connectivity index (χ2v) is 4.41. The molecule has 0 radical (unpaired) electrons. The number of alkyl halides is 1. The van der Waals surface area contributed by atoms with Crippen LogP contribution in [0.5, 0.6) is 0 Å². The van der Waals surface area contributed by atoms with E-state index in [4.69, 9.17) is 11.6 Å². The van der Waals surface area contributed by atoms with Crippen molar-refractivity contribution in [3.8, 4) is 0 Å². The van der Waals surface area contributed by atoms with Crippen molar-refractivity contribution in [2.24, 2.45) is 0 Å². The lowest BCUT2D eigenvalue weighted by Crippen LogP contribution is -2.29. The van der Waals surface area contributed by atoms with E-state index in [2.05, 4.69) is 5.32 Å². The fourth-order valence-electron chi connectivity index (χ4n) is 1.36. The Labute approximate surface area is 102 Å². The highest BCUT2D eigenvalue weighted by molar-refractivity contribution is 6.20. The molecule has 0 saturated heterocycles. The summed E-state index contributed by atoms with van der Waals surface area (Å²) in [5, 5.41) is 2.88. The lowest BCUT2D eigenvalue weighted by Gasteiger charge is -2.08. The quantitative estimate of drug-likeness (QED) is 0.760. The molecule has 88 valence electrons. The Hall–Kier alpha value is -1.02. The van der Waals surface area contributed by atoms with Gasteiger partial charge in [0.15, 0.2) is 0 Å². The number of rotatable bonds is 6. The van der Waals surface area contributed by atoms with Gasteiger partial charge >= 0.3 is 0 Å². The summed E-state index contributed by atoms with van der Waals surface area (Å²) in [5.74, 6) is 0.0722. The van der Waals surface area contributed by atoms with E-state index in [1.54, 1.807) is 0 Å².